The van der Waals surface area contributed by atoms with Crippen molar-refractivity contribution < 1.29 is 78.3 Å². The van der Waals surface area contributed by atoms with E-state index in [1.54, 1.807) is 13.8 Å². The monoisotopic (exact) mass is 731 g/mol. The highest BCUT2D eigenvalue weighted by atomic mass is 16.4. The third kappa shape index (κ3) is 19.8. The van der Waals surface area contributed by atoms with Gasteiger partial charge >= 0.3 is 29.8 Å². The molecule has 0 fully saturated rings. The highest BCUT2D eigenvalue weighted by molar-refractivity contribution is 5.89. The van der Waals surface area contributed by atoms with Crippen LogP contribution in [0.5, 0.6) is 0 Å². The third-order valence-corrected chi connectivity index (χ3v) is 7.17. The lowest BCUT2D eigenvalue weighted by molar-refractivity contribution is -0.144. The Balaban J connectivity index is 5.00. The highest BCUT2D eigenvalue weighted by Gasteiger charge is 2.28. The number of carboxylic acid groups (broad SMARTS) is 5. The first-order chi connectivity index (χ1) is 23.6. The fourth-order valence-corrected chi connectivity index (χ4v) is 4.28. The average Bonchev–Trinajstić information content (AvgIpc) is 3.02. The van der Waals surface area contributed by atoms with Crippen LogP contribution in [0.3, 0.4) is 0 Å². The van der Waals surface area contributed by atoms with Crippen molar-refractivity contribution in [2.75, 3.05) is 0 Å². The number of Topliss-reactive ketones (excluding diaryl/α,β-unsaturated/α-hetero) is 1. The van der Waals surface area contributed by atoms with Crippen LogP contribution in [0.1, 0.15) is 85.0 Å². The zero-order valence-corrected chi connectivity index (χ0v) is 28.3. The first kappa shape index (κ1) is 45.4. The molecule has 0 aliphatic rings. The molecule has 0 saturated heterocycles. The van der Waals surface area contributed by atoms with Gasteiger partial charge in [-0.05, 0) is 32.1 Å². The normalized spacial score (nSPS) is 13.6. The average molecular weight is 732 g/mol. The predicted octanol–water partition coefficient (Wildman–Crippen LogP) is -2.02. The predicted molar refractivity (Wildman–Crippen MR) is 170 cm³/mol. The molecule has 0 aliphatic heterocycles. The second kappa shape index (κ2) is 22.9. The Hall–Kier alpha value is -5.63. The molecular formula is C30H45N5O16. The molecule has 0 rings (SSSR count). The molecule has 0 aromatic carbocycles. The zero-order chi connectivity index (χ0) is 39.4. The number of carbonyl (C=O) groups is 11. The largest absolute Gasteiger partial charge is 0.480 e. The molecule has 0 spiro atoms. The van der Waals surface area contributed by atoms with Crippen molar-refractivity contribution in [3.8, 4) is 0 Å². The van der Waals surface area contributed by atoms with Gasteiger partial charge in [-0.2, -0.15) is 0 Å². The Morgan fingerprint density at radius 1 is 0.392 bits per heavy atom. The summed E-state index contributed by atoms with van der Waals surface area (Å²) in [6.45, 7) is 4.32. The van der Waals surface area contributed by atoms with Gasteiger partial charge in [-0.1, -0.05) is 13.8 Å². The van der Waals surface area contributed by atoms with Crippen LogP contribution in [0.4, 0.5) is 0 Å². The van der Waals surface area contributed by atoms with Gasteiger partial charge in [-0.15, -0.1) is 0 Å². The van der Waals surface area contributed by atoms with Crippen molar-refractivity contribution >= 4 is 65.2 Å². The van der Waals surface area contributed by atoms with E-state index in [0.29, 0.717) is 0 Å². The quantitative estimate of drug-likeness (QED) is 0.0459. The SMILES string of the molecule is CC(=O)N[C@@H](CCC(=O)NC(CCC(=O)N[C@@H](CCC(=O)NC(CCC(=O)N[C@@H](CCC(=O)C(C)C)C(=O)O)C(=O)O)C(=O)O)C(=O)O)C(=O)O. The zero-order valence-electron chi connectivity index (χ0n) is 28.3. The molecule has 21 nitrogen and oxygen atoms in total. The second-order valence-corrected chi connectivity index (χ2v) is 11.7. The first-order valence-electron chi connectivity index (χ1n) is 15.8. The standard InChI is InChI=1S/C30H45N5O16/c1-14(2)21(37)9-4-17(27(44)45)32-23(39)11-6-19(29(48)49)34-25(41)13-8-20(30(50)51)35-24(40)12-7-18(28(46)47)33-22(38)10-5-16(26(42)43)31-15(3)36/h14,16-20H,4-13H2,1-3H3,(H,31,36)(H,32,39)(H,33,38)(H,34,41)(H,35,40)(H,42,43)(H,44,45)(H,46,47)(H,48,49)(H,50,51)/t16-,17-,18?,19?,20-/m0/s1. The van der Waals surface area contributed by atoms with Crippen LogP contribution in [0.25, 0.3) is 0 Å². The van der Waals surface area contributed by atoms with Gasteiger partial charge in [0.2, 0.25) is 29.5 Å². The number of carbonyl (C=O) groups excluding carboxylic acids is 6. The van der Waals surface area contributed by atoms with E-state index in [-0.39, 0.29) is 31.0 Å². The van der Waals surface area contributed by atoms with Gasteiger partial charge < -0.3 is 52.1 Å². The summed E-state index contributed by atoms with van der Waals surface area (Å²) < 4.78 is 0. The third-order valence-electron chi connectivity index (χ3n) is 7.17. The molecule has 286 valence electrons. The fourth-order valence-electron chi connectivity index (χ4n) is 4.28. The van der Waals surface area contributed by atoms with E-state index in [1.807, 2.05) is 0 Å². The number of hydrogen-bond donors (Lipinski definition) is 10. The Bertz CT molecular complexity index is 1330. The van der Waals surface area contributed by atoms with E-state index in [0.717, 1.165) is 6.92 Å². The number of hydrogen-bond acceptors (Lipinski definition) is 11. The molecule has 10 N–H and O–H groups in total. The van der Waals surface area contributed by atoms with Crippen molar-refractivity contribution in [3.05, 3.63) is 0 Å². The van der Waals surface area contributed by atoms with Crippen molar-refractivity contribution in [1.29, 1.82) is 0 Å². The molecular weight excluding hydrogens is 686 g/mol. The molecule has 0 aromatic rings. The summed E-state index contributed by atoms with van der Waals surface area (Å²) in [7, 11) is 0. The minimum absolute atomic E-state index is 0.109. The molecule has 0 bridgehead atoms. The lowest BCUT2D eigenvalue weighted by atomic mass is 10.0. The van der Waals surface area contributed by atoms with E-state index >= 15 is 0 Å². The molecule has 5 atom stereocenters. The van der Waals surface area contributed by atoms with E-state index < -0.39 is 135 Å². The van der Waals surface area contributed by atoms with Gasteiger partial charge in [0.15, 0.2) is 0 Å². The maximum Gasteiger partial charge on any atom is 0.326 e. The summed E-state index contributed by atoms with van der Waals surface area (Å²) in [5.41, 5.74) is 0. The lowest BCUT2D eigenvalue weighted by Crippen LogP contribution is -2.46. The number of nitrogens with one attached hydrogen (secondary N) is 5. The molecule has 2 unspecified atom stereocenters. The highest BCUT2D eigenvalue weighted by Crippen LogP contribution is 2.08. The Labute approximate surface area is 291 Å². The summed E-state index contributed by atoms with van der Waals surface area (Å²) in [4.78, 5) is 130. The molecule has 51 heavy (non-hydrogen) atoms. The molecule has 0 radical (unpaired) electrons. The number of amides is 5. The van der Waals surface area contributed by atoms with Crippen LogP contribution in [0.15, 0.2) is 0 Å². The summed E-state index contributed by atoms with van der Waals surface area (Å²) in [6, 6.07) is -7.74. The second-order valence-electron chi connectivity index (χ2n) is 11.7. The van der Waals surface area contributed by atoms with E-state index in [1.165, 1.54) is 0 Å². The maximum absolute atomic E-state index is 12.4. The summed E-state index contributed by atoms with van der Waals surface area (Å²) in [5.74, 6) is -12.4. The molecule has 5 amide bonds. The van der Waals surface area contributed by atoms with Crippen LogP contribution in [-0.4, -0.2) is 121 Å². The van der Waals surface area contributed by atoms with Crippen LogP contribution in [0, 0.1) is 5.92 Å². The first-order valence-corrected chi connectivity index (χ1v) is 15.8. The molecule has 0 aromatic heterocycles. The van der Waals surface area contributed by atoms with Crippen molar-refractivity contribution in [2.24, 2.45) is 5.92 Å². The Morgan fingerprint density at radius 2 is 0.608 bits per heavy atom. The summed E-state index contributed by atoms with van der Waals surface area (Å²) in [5, 5.41) is 57.3. The van der Waals surface area contributed by atoms with Gasteiger partial charge in [0.1, 0.15) is 36.0 Å². The fraction of sp³-hybridized carbons (Fsp3) is 0.633. The van der Waals surface area contributed by atoms with E-state index in [2.05, 4.69) is 26.6 Å². The van der Waals surface area contributed by atoms with Crippen LogP contribution in [-0.2, 0) is 52.7 Å². The Morgan fingerprint density at radius 3 is 0.804 bits per heavy atom. The van der Waals surface area contributed by atoms with Gasteiger partial charge in [0.05, 0.1) is 0 Å². The molecule has 0 aliphatic carbocycles. The molecule has 0 heterocycles. The van der Waals surface area contributed by atoms with Crippen molar-refractivity contribution in [3.63, 3.8) is 0 Å². The van der Waals surface area contributed by atoms with E-state index in [9.17, 15) is 73.2 Å². The summed E-state index contributed by atoms with van der Waals surface area (Å²) >= 11 is 0. The van der Waals surface area contributed by atoms with Crippen LogP contribution >= 0.6 is 0 Å². The van der Waals surface area contributed by atoms with Gasteiger partial charge in [0, 0.05) is 44.9 Å². The minimum atomic E-state index is -1.67. The maximum atomic E-state index is 12.4. The minimum Gasteiger partial charge on any atom is -0.480 e. The number of ketones is 1. The number of rotatable bonds is 26. The van der Waals surface area contributed by atoms with Crippen molar-refractivity contribution in [1.82, 2.24) is 26.6 Å². The van der Waals surface area contributed by atoms with Gasteiger partial charge in [-0.25, -0.2) is 24.0 Å². The number of carboxylic acids is 5. The van der Waals surface area contributed by atoms with Crippen LogP contribution in [0.2, 0.25) is 0 Å². The number of aliphatic carboxylic acids is 5. The topological polar surface area (TPSA) is 349 Å². The lowest BCUT2D eigenvalue weighted by Gasteiger charge is -2.19. The van der Waals surface area contributed by atoms with E-state index in [4.69, 9.17) is 5.11 Å². The Kier molecular flexibility index (Phi) is 20.4. The van der Waals surface area contributed by atoms with Crippen molar-refractivity contribution in [2.45, 2.75) is 115 Å². The van der Waals surface area contributed by atoms with Gasteiger partial charge in [-0.3, -0.25) is 28.8 Å². The molecule has 0 saturated carbocycles. The molecule has 21 heteroatoms. The van der Waals surface area contributed by atoms with Crippen LogP contribution < -0.4 is 26.6 Å². The smallest absolute Gasteiger partial charge is 0.326 e. The summed E-state index contributed by atoms with van der Waals surface area (Å²) in [6.07, 6.45) is -4.39. The van der Waals surface area contributed by atoms with Gasteiger partial charge in [0.25, 0.3) is 0 Å².